The number of benzene rings is 2. The maximum atomic E-state index is 13.3. The average Bonchev–Trinajstić information content (AvgIpc) is 3.07. The highest BCUT2D eigenvalue weighted by Gasteiger charge is 2.43. The van der Waals surface area contributed by atoms with Gasteiger partial charge in [0.05, 0.1) is 11.6 Å². The van der Waals surface area contributed by atoms with Crippen molar-refractivity contribution in [2.24, 2.45) is 5.73 Å². The number of hydrogen-bond donors (Lipinski definition) is 2. The van der Waals surface area contributed by atoms with E-state index in [9.17, 15) is 9.59 Å². The standard InChI is InChI=1S/C24H28ClN3O3/c1-16-14-27(23(31)28(16)21-7-5-17(6-8-21)22(29)30)20-9-11-24(15-26,12-10-20)18-3-2-4-19(25)13-18/h2-8,13,16,20H,9-12,14-15,26H2,1H3,(H,29,30). The Morgan fingerprint density at radius 3 is 2.45 bits per heavy atom. The van der Waals surface area contributed by atoms with Crippen molar-refractivity contribution < 1.29 is 14.7 Å². The first-order valence-corrected chi connectivity index (χ1v) is 11.1. The summed E-state index contributed by atoms with van der Waals surface area (Å²) in [5.74, 6) is -0.973. The Morgan fingerprint density at radius 1 is 1.19 bits per heavy atom. The lowest BCUT2D eigenvalue weighted by atomic mass is 9.68. The van der Waals surface area contributed by atoms with Crippen LogP contribution in [0.4, 0.5) is 10.5 Å². The fraction of sp³-hybridized carbons (Fsp3) is 0.417. The topological polar surface area (TPSA) is 86.9 Å². The van der Waals surface area contributed by atoms with Gasteiger partial charge in [-0.05, 0) is 74.6 Å². The second-order valence-electron chi connectivity index (χ2n) is 8.73. The number of nitrogens with zero attached hydrogens (tertiary/aromatic N) is 2. The highest BCUT2D eigenvalue weighted by Crippen LogP contribution is 2.42. The van der Waals surface area contributed by atoms with E-state index in [1.54, 1.807) is 29.2 Å². The van der Waals surface area contributed by atoms with Crippen LogP contribution in [0.1, 0.15) is 48.5 Å². The smallest absolute Gasteiger partial charge is 0.335 e. The molecule has 1 unspecified atom stereocenters. The fourth-order valence-corrected chi connectivity index (χ4v) is 5.29. The summed E-state index contributed by atoms with van der Waals surface area (Å²) >= 11 is 6.22. The molecule has 1 heterocycles. The van der Waals surface area contributed by atoms with Gasteiger partial charge < -0.3 is 15.7 Å². The van der Waals surface area contributed by atoms with Crippen LogP contribution in [-0.4, -0.2) is 47.2 Å². The summed E-state index contributed by atoms with van der Waals surface area (Å²) in [5, 5.41) is 9.84. The predicted octanol–water partition coefficient (Wildman–Crippen LogP) is 4.51. The van der Waals surface area contributed by atoms with Crippen molar-refractivity contribution in [3.8, 4) is 0 Å². The zero-order valence-corrected chi connectivity index (χ0v) is 18.4. The fourth-order valence-electron chi connectivity index (χ4n) is 5.10. The zero-order valence-electron chi connectivity index (χ0n) is 17.6. The molecule has 1 aliphatic heterocycles. The Balaban J connectivity index is 1.47. The Kier molecular flexibility index (Phi) is 5.95. The largest absolute Gasteiger partial charge is 0.478 e. The minimum absolute atomic E-state index is 0.0106. The van der Waals surface area contributed by atoms with Crippen LogP contribution in [0.2, 0.25) is 5.02 Å². The average molecular weight is 442 g/mol. The highest BCUT2D eigenvalue weighted by molar-refractivity contribution is 6.30. The first-order chi connectivity index (χ1) is 14.8. The molecule has 1 aliphatic carbocycles. The molecule has 2 aliphatic rings. The second kappa shape index (κ2) is 8.52. The van der Waals surface area contributed by atoms with Crippen LogP contribution in [0.25, 0.3) is 0 Å². The van der Waals surface area contributed by atoms with Crippen LogP contribution in [0.3, 0.4) is 0 Å². The van der Waals surface area contributed by atoms with Gasteiger partial charge in [-0.3, -0.25) is 4.90 Å². The van der Waals surface area contributed by atoms with Crippen molar-refractivity contribution in [1.82, 2.24) is 4.90 Å². The summed E-state index contributed by atoms with van der Waals surface area (Å²) in [6.07, 6.45) is 3.63. The highest BCUT2D eigenvalue weighted by atomic mass is 35.5. The van der Waals surface area contributed by atoms with Crippen molar-refractivity contribution in [2.75, 3.05) is 18.0 Å². The quantitative estimate of drug-likeness (QED) is 0.714. The third-order valence-electron chi connectivity index (χ3n) is 6.93. The molecular formula is C24H28ClN3O3. The van der Waals surface area contributed by atoms with E-state index < -0.39 is 5.97 Å². The molecule has 0 bridgehead atoms. The first kappa shape index (κ1) is 21.7. The number of nitrogens with two attached hydrogens (primary N) is 1. The van der Waals surface area contributed by atoms with E-state index in [0.29, 0.717) is 13.1 Å². The van der Waals surface area contributed by atoms with Gasteiger partial charge in [0.1, 0.15) is 0 Å². The molecular weight excluding hydrogens is 414 g/mol. The van der Waals surface area contributed by atoms with Crippen LogP contribution in [0.5, 0.6) is 0 Å². The lowest BCUT2D eigenvalue weighted by molar-refractivity contribution is 0.0697. The Bertz CT molecular complexity index is 970. The third-order valence-corrected chi connectivity index (χ3v) is 7.16. The van der Waals surface area contributed by atoms with Crippen molar-refractivity contribution in [3.63, 3.8) is 0 Å². The van der Waals surface area contributed by atoms with Gasteiger partial charge in [0.2, 0.25) is 0 Å². The Hall–Kier alpha value is -2.57. The zero-order chi connectivity index (χ0) is 22.2. The number of carboxylic acids is 1. The van der Waals surface area contributed by atoms with Crippen LogP contribution in [-0.2, 0) is 5.41 Å². The van der Waals surface area contributed by atoms with Gasteiger partial charge in [-0.25, -0.2) is 9.59 Å². The van der Waals surface area contributed by atoms with E-state index in [4.69, 9.17) is 22.4 Å². The maximum Gasteiger partial charge on any atom is 0.335 e. The summed E-state index contributed by atoms with van der Waals surface area (Å²) in [6, 6.07) is 14.7. The van der Waals surface area contributed by atoms with Crippen LogP contribution in [0.15, 0.2) is 48.5 Å². The van der Waals surface area contributed by atoms with Gasteiger partial charge in [0, 0.05) is 35.3 Å². The molecule has 7 heteroatoms. The lowest BCUT2D eigenvalue weighted by Crippen LogP contribution is -2.46. The van der Waals surface area contributed by atoms with Gasteiger partial charge in [0.15, 0.2) is 0 Å². The Morgan fingerprint density at radius 2 is 1.87 bits per heavy atom. The van der Waals surface area contributed by atoms with E-state index in [1.807, 2.05) is 30.0 Å². The second-order valence-corrected chi connectivity index (χ2v) is 9.17. The maximum absolute atomic E-state index is 13.3. The van der Waals surface area contributed by atoms with E-state index in [2.05, 4.69) is 6.07 Å². The number of hydrogen-bond acceptors (Lipinski definition) is 3. The van der Waals surface area contributed by atoms with Crippen molar-refractivity contribution in [3.05, 3.63) is 64.7 Å². The van der Waals surface area contributed by atoms with Gasteiger partial charge in [0.25, 0.3) is 0 Å². The van der Waals surface area contributed by atoms with Gasteiger partial charge in [-0.2, -0.15) is 0 Å². The molecule has 3 N–H and O–H groups in total. The van der Waals surface area contributed by atoms with E-state index in [-0.39, 0.29) is 29.1 Å². The number of carbonyl (C=O) groups excluding carboxylic acids is 1. The molecule has 2 aromatic carbocycles. The predicted molar refractivity (Wildman–Crippen MR) is 122 cm³/mol. The normalized spacial score (nSPS) is 26.4. The molecule has 2 amide bonds. The molecule has 4 rings (SSSR count). The molecule has 1 saturated heterocycles. The van der Waals surface area contributed by atoms with Crippen LogP contribution < -0.4 is 10.6 Å². The van der Waals surface area contributed by atoms with Crippen LogP contribution in [0, 0.1) is 0 Å². The van der Waals surface area contributed by atoms with E-state index >= 15 is 0 Å². The Labute approximate surface area is 187 Å². The number of carbonyl (C=O) groups is 2. The first-order valence-electron chi connectivity index (χ1n) is 10.7. The SMILES string of the molecule is CC1CN(C2CCC(CN)(c3cccc(Cl)c3)CC2)C(=O)N1c1ccc(C(=O)O)cc1. The summed E-state index contributed by atoms with van der Waals surface area (Å²) in [4.78, 5) is 28.1. The lowest BCUT2D eigenvalue weighted by Gasteiger charge is -2.42. The van der Waals surface area contributed by atoms with E-state index in [0.717, 1.165) is 36.4 Å². The molecule has 1 atom stereocenters. The number of carboxylic acid groups (broad SMARTS) is 1. The number of urea groups is 1. The monoisotopic (exact) mass is 441 g/mol. The molecule has 2 aromatic rings. The van der Waals surface area contributed by atoms with Crippen molar-refractivity contribution in [1.29, 1.82) is 0 Å². The van der Waals surface area contributed by atoms with Crippen molar-refractivity contribution in [2.45, 2.75) is 50.1 Å². The summed E-state index contributed by atoms with van der Waals surface area (Å²) < 4.78 is 0. The number of rotatable bonds is 5. The number of amides is 2. The molecule has 0 spiro atoms. The molecule has 164 valence electrons. The summed E-state index contributed by atoms with van der Waals surface area (Å²) in [6.45, 7) is 3.26. The van der Waals surface area contributed by atoms with Crippen LogP contribution >= 0.6 is 11.6 Å². The molecule has 6 nitrogen and oxygen atoms in total. The minimum Gasteiger partial charge on any atom is -0.478 e. The van der Waals surface area contributed by atoms with Gasteiger partial charge in [-0.1, -0.05) is 23.7 Å². The van der Waals surface area contributed by atoms with Gasteiger partial charge in [-0.15, -0.1) is 0 Å². The van der Waals surface area contributed by atoms with Gasteiger partial charge >= 0.3 is 12.0 Å². The van der Waals surface area contributed by atoms with E-state index in [1.165, 1.54) is 5.56 Å². The summed E-state index contributed by atoms with van der Waals surface area (Å²) in [5.41, 5.74) is 8.26. The third kappa shape index (κ3) is 4.02. The number of halogens is 1. The molecule has 0 aromatic heterocycles. The van der Waals surface area contributed by atoms with Crippen molar-refractivity contribution >= 4 is 29.3 Å². The minimum atomic E-state index is -0.973. The summed E-state index contributed by atoms with van der Waals surface area (Å²) in [7, 11) is 0. The molecule has 1 saturated carbocycles. The number of aromatic carboxylic acids is 1. The molecule has 0 radical (unpaired) electrons. The molecule has 2 fully saturated rings. The molecule has 31 heavy (non-hydrogen) atoms. The number of anilines is 1.